The van der Waals surface area contributed by atoms with Crippen LogP contribution in [0.5, 0.6) is 0 Å². The summed E-state index contributed by atoms with van der Waals surface area (Å²) < 4.78 is 22.3. The summed E-state index contributed by atoms with van der Waals surface area (Å²) >= 11 is 5.81. The van der Waals surface area contributed by atoms with E-state index in [9.17, 15) is 13.2 Å². The summed E-state index contributed by atoms with van der Waals surface area (Å²) in [5, 5.41) is 2.15. The van der Waals surface area contributed by atoms with Crippen molar-refractivity contribution >= 4 is 27.3 Å². The largest absolute Gasteiger partial charge is 0.351 e. The van der Waals surface area contributed by atoms with E-state index in [0.717, 1.165) is 6.42 Å². The van der Waals surface area contributed by atoms with Crippen molar-refractivity contribution in [2.24, 2.45) is 0 Å². The quantitative estimate of drug-likeness (QED) is 0.721. The van der Waals surface area contributed by atoms with Gasteiger partial charge in [0.1, 0.15) is 0 Å². The van der Waals surface area contributed by atoms with Crippen molar-refractivity contribution in [3.8, 4) is 0 Å². The predicted octanol–water partition coefficient (Wildman–Crippen LogP) is 0.307. The first-order chi connectivity index (χ1) is 6.44. The van der Waals surface area contributed by atoms with E-state index in [1.807, 2.05) is 6.92 Å². The maximum atomic E-state index is 11.2. The minimum atomic E-state index is -3.05. The third-order valence-electron chi connectivity index (χ3n) is 2.11. The van der Waals surface area contributed by atoms with E-state index in [-0.39, 0.29) is 17.4 Å². The SMILES string of the molecule is CCCC(=O)N[C@H]1CS(=O)(=O)C[C@@H]1Cl. The highest BCUT2D eigenvalue weighted by atomic mass is 35.5. The molecule has 4 nitrogen and oxygen atoms in total. The van der Waals surface area contributed by atoms with Gasteiger partial charge >= 0.3 is 0 Å². The van der Waals surface area contributed by atoms with Gasteiger partial charge in [0.25, 0.3) is 0 Å². The molecule has 1 aliphatic rings. The second-order valence-corrected chi connectivity index (χ2v) is 6.23. The van der Waals surface area contributed by atoms with Crippen molar-refractivity contribution in [3.05, 3.63) is 0 Å². The molecule has 0 aromatic carbocycles. The van der Waals surface area contributed by atoms with Crippen LogP contribution in [0.2, 0.25) is 0 Å². The molecule has 6 heteroatoms. The zero-order valence-electron chi connectivity index (χ0n) is 7.99. The van der Waals surface area contributed by atoms with Crippen LogP contribution in [0, 0.1) is 0 Å². The molecule has 1 fully saturated rings. The molecule has 0 radical (unpaired) electrons. The van der Waals surface area contributed by atoms with Crippen molar-refractivity contribution in [2.75, 3.05) is 11.5 Å². The minimum absolute atomic E-state index is 0.0311. The summed E-state index contributed by atoms with van der Waals surface area (Å²) in [7, 11) is -3.05. The summed E-state index contributed by atoms with van der Waals surface area (Å²) in [6.07, 6.45) is 1.17. The Hall–Kier alpha value is -0.290. The summed E-state index contributed by atoms with van der Waals surface area (Å²) in [5.41, 5.74) is 0. The summed E-state index contributed by atoms with van der Waals surface area (Å²) in [6, 6.07) is -0.416. The Kier molecular flexibility index (Phi) is 3.78. The molecule has 1 heterocycles. The zero-order valence-corrected chi connectivity index (χ0v) is 9.57. The molecule has 1 saturated heterocycles. The van der Waals surface area contributed by atoms with Gasteiger partial charge in [-0.15, -0.1) is 11.6 Å². The minimum Gasteiger partial charge on any atom is -0.351 e. The number of alkyl halides is 1. The summed E-state index contributed by atoms with van der Waals surface area (Å²) in [5.74, 6) is -0.192. The van der Waals surface area contributed by atoms with Crippen molar-refractivity contribution in [1.29, 1.82) is 0 Å². The number of nitrogens with one attached hydrogen (secondary N) is 1. The van der Waals surface area contributed by atoms with Gasteiger partial charge in [0.2, 0.25) is 5.91 Å². The number of halogens is 1. The lowest BCUT2D eigenvalue weighted by atomic mass is 10.2. The van der Waals surface area contributed by atoms with Crippen molar-refractivity contribution < 1.29 is 13.2 Å². The van der Waals surface area contributed by atoms with Gasteiger partial charge in [0.15, 0.2) is 9.84 Å². The Morgan fingerprint density at radius 2 is 2.14 bits per heavy atom. The highest BCUT2D eigenvalue weighted by molar-refractivity contribution is 7.91. The fourth-order valence-corrected chi connectivity index (χ4v) is 3.99. The number of sulfone groups is 1. The molecule has 0 aliphatic carbocycles. The number of amides is 1. The van der Waals surface area contributed by atoms with Gasteiger partial charge in [0.05, 0.1) is 22.9 Å². The van der Waals surface area contributed by atoms with Gasteiger partial charge in [-0.3, -0.25) is 4.79 Å². The van der Waals surface area contributed by atoms with E-state index in [1.54, 1.807) is 0 Å². The lowest BCUT2D eigenvalue weighted by Gasteiger charge is -2.13. The van der Waals surface area contributed by atoms with Gasteiger partial charge in [-0.1, -0.05) is 6.92 Å². The second-order valence-electron chi connectivity index (χ2n) is 3.52. The molecule has 1 aliphatic heterocycles. The van der Waals surface area contributed by atoms with Crippen molar-refractivity contribution in [1.82, 2.24) is 5.32 Å². The van der Waals surface area contributed by atoms with Crippen LogP contribution >= 0.6 is 11.6 Å². The monoisotopic (exact) mass is 239 g/mol. The molecule has 1 amide bonds. The Morgan fingerprint density at radius 1 is 1.50 bits per heavy atom. The van der Waals surface area contributed by atoms with E-state index in [0.29, 0.717) is 6.42 Å². The highest BCUT2D eigenvalue weighted by Crippen LogP contribution is 2.17. The van der Waals surface area contributed by atoms with Crippen molar-refractivity contribution in [3.63, 3.8) is 0 Å². The molecule has 1 rings (SSSR count). The lowest BCUT2D eigenvalue weighted by molar-refractivity contribution is -0.121. The Labute approximate surface area is 88.9 Å². The van der Waals surface area contributed by atoms with Crippen LogP contribution in [0.4, 0.5) is 0 Å². The molecular formula is C8H14ClNO3S. The molecule has 0 saturated carbocycles. The van der Waals surface area contributed by atoms with Crippen molar-refractivity contribution in [2.45, 2.75) is 31.2 Å². The first kappa shape index (κ1) is 11.8. The second kappa shape index (κ2) is 4.49. The van der Waals surface area contributed by atoms with Crippen LogP contribution in [0.25, 0.3) is 0 Å². The third kappa shape index (κ3) is 3.13. The Morgan fingerprint density at radius 3 is 2.57 bits per heavy atom. The Bertz CT molecular complexity index is 315. The average molecular weight is 240 g/mol. The molecule has 0 aromatic rings. The maximum Gasteiger partial charge on any atom is 0.220 e. The molecule has 0 unspecified atom stereocenters. The molecule has 0 bridgehead atoms. The van der Waals surface area contributed by atoms with E-state index >= 15 is 0 Å². The fraction of sp³-hybridized carbons (Fsp3) is 0.875. The summed E-state index contributed by atoms with van der Waals surface area (Å²) in [6.45, 7) is 1.89. The highest BCUT2D eigenvalue weighted by Gasteiger charge is 2.36. The first-order valence-electron chi connectivity index (χ1n) is 4.58. The van der Waals surface area contributed by atoms with Gasteiger partial charge in [-0.25, -0.2) is 8.42 Å². The van der Waals surface area contributed by atoms with Crippen LogP contribution in [-0.2, 0) is 14.6 Å². The number of rotatable bonds is 3. The molecule has 1 N–H and O–H groups in total. The fourth-order valence-electron chi connectivity index (χ4n) is 1.44. The van der Waals surface area contributed by atoms with Crippen LogP contribution in [0.3, 0.4) is 0 Å². The first-order valence-corrected chi connectivity index (χ1v) is 6.84. The number of carbonyl (C=O) groups is 1. The third-order valence-corrected chi connectivity index (χ3v) is 4.48. The average Bonchev–Trinajstić information content (AvgIpc) is 2.25. The normalized spacial score (nSPS) is 30.1. The lowest BCUT2D eigenvalue weighted by Crippen LogP contribution is -2.40. The standard InChI is InChI=1S/C8H14ClNO3S/c1-2-3-8(11)10-7-5-14(12,13)4-6(7)9/h6-7H,2-5H2,1H3,(H,10,11)/t6-,7-/m0/s1. The maximum absolute atomic E-state index is 11.2. The summed E-state index contributed by atoms with van der Waals surface area (Å²) in [4.78, 5) is 11.2. The van der Waals surface area contributed by atoms with E-state index in [2.05, 4.69) is 5.32 Å². The smallest absolute Gasteiger partial charge is 0.220 e. The zero-order chi connectivity index (χ0) is 10.8. The van der Waals surface area contributed by atoms with Crippen LogP contribution in [0.15, 0.2) is 0 Å². The van der Waals surface area contributed by atoms with Crippen LogP contribution in [-0.4, -0.2) is 37.2 Å². The van der Waals surface area contributed by atoms with Gasteiger partial charge < -0.3 is 5.32 Å². The predicted molar refractivity (Wildman–Crippen MR) is 55.1 cm³/mol. The van der Waals surface area contributed by atoms with Gasteiger partial charge in [-0.2, -0.15) is 0 Å². The van der Waals surface area contributed by atoms with Crippen LogP contribution in [0.1, 0.15) is 19.8 Å². The molecular weight excluding hydrogens is 226 g/mol. The van der Waals surface area contributed by atoms with E-state index in [4.69, 9.17) is 11.6 Å². The topological polar surface area (TPSA) is 63.2 Å². The number of hydrogen-bond acceptors (Lipinski definition) is 3. The molecule has 2 atom stereocenters. The molecule has 82 valence electrons. The number of hydrogen-bond donors (Lipinski definition) is 1. The molecule has 0 aromatic heterocycles. The van der Waals surface area contributed by atoms with Gasteiger partial charge in [0, 0.05) is 6.42 Å². The molecule has 14 heavy (non-hydrogen) atoms. The van der Waals surface area contributed by atoms with Crippen LogP contribution < -0.4 is 5.32 Å². The van der Waals surface area contributed by atoms with Gasteiger partial charge in [-0.05, 0) is 6.42 Å². The number of carbonyl (C=O) groups excluding carboxylic acids is 1. The van der Waals surface area contributed by atoms with E-state index < -0.39 is 21.3 Å². The molecule has 0 spiro atoms. The van der Waals surface area contributed by atoms with E-state index in [1.165, 1.54) is 0 Å². The Balaban J connectivity index is 2.51.